The summed E-state index contributed by atoms with van der Waals surface area (Å²) in [6.07, 6.45) is 1.82. The smallest absolute Gasteiger partial charge is 0.255 e. The second-order valence-corrected chi connectivity index (χ2v) is 9.11. The minimum Gasteiger partial charge on any atom is -0.345 e. The van der Waals surface area contributed by atoms with E-state index < -0.39 is 0 Å². The highest BCUT2D eigenvalue weighted by Gasteiger charge is 2.25. The maximum atomic E-state index is 13.3. The number of amides is 1. The minimum absolute atomic E-state index is 0.0644. The first-order valence-corrected chi connectivity index (χ1v) is 12.1. The zero-order valence-electron chi connectivity index (χ0n) is 17.2. The highest BCUT2D eigenvalue weighted by atomic mass is 32.2. The van der Waals surface area contributed by atoms with Gasteiger partial charge in [0.15, 0.2) is 11.0 Å². The molecule has 0 atom stereocenters. The van der Waals surface area contributed by atoms with Crippen LogP contribution in [0, 0.1) is 0 Å². The van der Waals surface area contributed by atoms with Gasteiger partial charge in [-0.2, -0.15) is 4.68 Å². The highest BCUT2D eigenvalue weighted by Crippen LogP contribution is 2.28. The number of thioether (sulfide) groups is 1. The molecule has 1 amide bonds. The lowest BCUT2D eigenvalue weighted by Gasteiger charge is -2.34. The monoisotopic (exact) mass is 463 g/mol. The number of piperazine rings is 1. The molecule has 32 heavy (non-hydrogen) atoms. The Hall–Kier alpha value is -3.24. The van der Waals surface area contributed by atoms with E-state index >= 15 is 0 Å². The summed E-state index contributed by atoms with van der Waals surface area (Å²) in [4.78, 5) is 22.8. The Labute approximate surface area is 193 Å². The van der Waals surface area contributed by atoms with Gasteiger partial charge in [0.05, 0.1) is 17.0 Å². The molecule has 1 aliphatic heterocycles. The zero-order chi connectivity index (χ0) is 21.8. The van der Waals surface area contributed by atoms with E-state index in [0.29, 0.717) is 18.8 Å². The summed E-state index contributed by atoms with van der Waals surface area (Å²) in [6, 6.07) is 17.6. The molecule has 4 aromatic rings. The Morgan fingerprint density at radius 2 is 1.78 bits per heavy atom. The Morgan fingerprint density at radius 1 is 1.00 bits per heavy atom. The number of tetrazole rings is 1. The highest BCUT2D eigenvalue weighted by molar-refractivity contribution is 7.98. The Morgan fingerprint density at radius 3 is 2.56 bits per heavy atom. The Balaban J connectivity index is 1.27. The van der Waals surface area contributed by atoms with Gasteiger partial charge in [-0.05, 0) is 34.7 Å². The SMILES string of the molecule is O=C(c1ccccc1SCc1nnnn1-c1ccccc1)N1CCN(c2nccs2)CC1. The van der Waals surface area contributed by atoms with Crippen LogP contribution in [0.3, 0.4) is 0 Å². The third kappa shape index (κ3) is 4.37. The molecule has 1 saturated heterocycles. The Kier molecular flexibility index (Phi) is 6.13. The normalized spacial score (nSPS) is 14.0. The molecule has 0 saturated carbocycles. The topological polar surface area (TPSA) is 80.0 Å². The lowest BCUT2D eigenvalue weighted by atomic mass is 10.2. The van der Waals surface area contributed by atoms with Crippen molar-refractivity contribution in [2.24, 2.45) is 0 Å². The minimum atomic E-state index is 0.0644. The molecular formula is C22H21N7OS2. The van der Waals surface area contributed by atoms with Crippen molar-refractivity contribution >= 4 is 34.1 Å². The van der Waals surface area contributed by atoms with Gasteiger partial charge in [-0.3, -0.25) is 4.79 Å². The maximum Gasteiger partial charge on any atom is 0.255 e. The van der Waals surface area contributed by atoms with E-state index in [4.69, 9.17) is 0 Å². The summed E-state index contributed by atoms with van der Waals surface area (Å²) in [5.41, 5.74) is 1.63. The van der Waals surface area contributed by atoms with Gasteiger partial charge in [0.2, 0.25) is 0 Å². The number of hydrogen-bond acceptors (Lipinski definition) is 8. The van der Waals surface area contributed by atoms with E-state index in [1.165, 1.54) is 0 Å². The van der Waals surface area contributed by atoms with E-state index in [-0.39, 0.29) is 5.91 Å². The summed E-state index contributed by atoms with van der Waals surface area (Å²) in [7, 11) is 0. The van der Waals surface area contributed by atoms with E-state index in [0.717, 1.165) is 40.2 Å². The van der Waals surface area contributed by atoms with E-state index in [9.17, 15) is 4.79 Å². The average molecular weight is 464 g/mol. The number of carbonyl (C=O) groups is 1. The van der Waals surface area contributed by atoms with Gasteiger partial charge in [0, 0.05) is 42.7 Å². The quantitative estimate of drug-likeness (QED) is 0.406. The number of para-hydroxylation sites is 1. The maximum absolute atomic E-state index is 13.3. The molecule has 3 heterocycles. The van der Waals surface area contributed by atoms with Crippen LogP contribution in [-0.4, -0.2) is 62.2 Å². The van der Waals surface area contributed by atoms with Crippen molar-refractivity contribution in [1.29, 1.82) is 0 Å². The molecule has 1 aliphatic rings. The van der Waals surface area contributed by atoms with Gasteiger partial charge in [0.25, 0.3) is 5.91 Å². The second-order valence-electron chi connectivity index (χ2n) is 7.22. The summed E-state index contributed by atoms with van der Waals surface area (Å²) >= 11 is 3.21. The van der Waals surface area contributed by atoms with Crippen molar-refractivity contribution in [3.8, 4) is 5.69 Å². The van der Waals surface area contributed by atoms with E-state index in [2.05, 4.69) is 25.4 Å². The summed E-state index contributed by atoms with van der Waals surface area (Å²) in [6.45, 7) is 2.95. The fraction of sp³-hybridized carbons (Fsp3) is 0.227. The number of aromatic nitrogens is 5. The molecule has 0 spiro atoms. The number of thiazole rings is 1. The molecule has 2 aromatic carbocycles. The average Bonchev–Trinajstić information content (AvgIpc) is 3.56. The predicted molar refractivity (Wildman–Crippen MR) is 125 cm³/mol. The molecule has 5 rings (SSSR count). The molecule has 0 unspecified atom stereocenters. The molecule has 0 N–H and O–H groups in total. The van der Waals surface area contributed by atoms with Crippen molar-refractivity contribution in [2.75, 3.05) is 31.1 Å². The van der Waals surface area contributed by atoms with Crippen molar-refractivity contribution < 1.29 is 4.79 Å². The molecule has 2 aromatic heterocycles. The molecule has 1 fully saturated rings. The predicted octanol–water partition coefficient (Wildman–Crippen LogP) is 3.37. The van der Waals surface area contributed by atoms with Crippen LogP contribution in [0.2, 0.25) is 0 Å². The molecule has 0 bridgehead atoms. The number of nitrogens with zero attached hydrogens (tertiary/aromatic N) is 7. The van der Waals surface area contributed by atoms with E-state index in [1.807, 2.05) is 71.1 Å². The van der Waals surface area contributed by atoms with Crippen molar-refractivity contribution in [3.63, 3.8) is 0 Å². The van der Waals surface area contributed by atoms with Gasteiger partial charge in [-0.1, -0.05) is 30.3 Å². The second kappa shape index (κ2) is 9.49. The zero-order valence-corrected chi connectivity index (χ0v) is 18.9. The first kappa shape index (κ1) is 20.7. The van der Waals surface area contributed by atoms with Gasteiger partial charge < -0.3 is 9.80 Å². The summed E-state index contributed by atoms with van der Waals surface area (Å²) in [5.74, 6) is 1.36. The van der Waals surface area contributed by atoms with Gasteiger partial charge >= 0.3 is 0 Å². The first-order chi connectivity index (χ1) is 15.8. The third-order valence-electron chi connectivity index (χ3n) is 5.27. The van der Waals surface area contributed by atoms with Crippen molar-refractivity contribution in [1.82, 2.24) is 30.1 Å². The van der Waals surface area contributed by atoms with Crippen LogP contribution < -0.4 is 4.90 Å². The molecule has 8 nitrogen and oxygen atoms in total. The van der Waals surface area contributed by atoms with E-state index in [1.54, 1.807) is 27.8 Å². The lowest BCUT2D eigenvalue weighted by molar-refractivity contribution is 0.0743. The molecule has 0 aliphatic carbocycles. The van der Waals surface area contributed by atoms with Crippen LogP contribution in [0.15, 0.2) is 71.1 Å². The number of carbonyl (C=O) groups excluding carboxylic acids is 1. The van der Waals surface area contributed by atoms with Gasteiger partial charge in [0.1, 0.15) is 0 Å². The first-order valence-electron chi connectivity index (χ1n) is 10.3. The van der Waals surface area contributed by atoms with Gasteiger partial charge in [-0.25, -0.2) is 4.98 Å². The van der Waals surface area contributed by atoms with Crippen LogP contribution >= 0.6 is 23.1 Å². The van der Waals surface area contributed by atoms with Crippen LogP contribution in [0.25, 0.3) is 5.69 Å². The van der Waals surface area contributed by atoms with Crippen molar-refractivity contribution in [2.45, 2.75) is 10.6 Å². The summed E-state index contributed by atoms with van der Waals surface area (Å²) in [5, 5.41) is 15.1. The molecule has 10 heteroatoms. The number of rotatable bonds is 6. The van der Waals surface area contributed by atoms with Crippen LogP contribution in [0.5, 0.6) is 0 Å². The third-order valence-corrected chi connectivity index (χ3v) is 7.17. The molecule has 0 radical (unpaired) electrons. The number of benzene rings is 2. The van der Waals surface area contributed by atoms with Crippen LogP contribution in [0.4, 0.5) is 5.13 Å². The summed E-state index contributed by atoms with van der Waals surface area (Å²) < 4.78 is 1.73. The van der Waals surface area contributed by atoms with Crippen LogP contribution in [0.1, 0.15) is 16.2 Å². The standard InChI is InChI=1S/C22H21N7OS2/c30-21(27-11-13-28(14-12-27)22-23-10-15-31-22)18-8-4-5-9-19(18)32-16-20-24-25-26-29(20)17-6-2-1-3-7-17/h1-10,15H,11-14,16H2. The molecule has 162 valence electrons. The van der Waals surface area contributed by atoms with Crippen LogP contribution in [-0.2, 0) is 5.75 Å². The van der Waals surface area contributed by atoms with Gasteiger partial charge in [-0.15, -0.1) is 28.2 Å². The lowest BCUT2D eigenvalue weighted by Crippen LogP contribution is -2.48. The fourth-order valence-corrected chi connectivity index (χ4v) is 5.27. The molecular weight excluding hydrogens is 442 g/mol. The number of anilines is 1. The number of hydrogen-bond donors (Lipinski definition) is 0. The Bertz CT molecular complexity index is 1170. The van der Waals surface area contributed by atoms with Crippen molar-refractivity contribution in [3.05, 3.63) is 77.6 Å². The fourth-order valence-electron chi connectivity index (χ4n) is 3.62. The largest absolute Gasteiger partial charge is 0.345 e.